The van der Waals surface area contributed by atoms with Gasteiger partial charge in [-0.05, 0) is 44.0 Å². The minimum absolute atomic E-state index is 0.0689. The monoisotopic (exact) mass is 654 g/mol. The van der Waals surface area contributed by atoms with E-state index in [0.717, 1.165) is 30.1 Å². The highest BCUT2D eigenvalue weighted by molar-refractivity contribution is 6.74. The minimum atomic E-state index is -2.67. The number of hydrogen-bond donors (Lipinski definition) is 1. The average molecular weight is 655 g/mol. The maximum Gasteiger partial charge on any atom is 0.349 e. The maximum atomic E-state index is 9.68. The van der Waals surface area contributed by atoms with E-state index in [0.29, 0.717) is 25.9 Å². The molecule has 254 valence electrons. The van der Waals surface area contributed by atoms with Crippen LogP contribution in [0.4, 0.5) is 0 Å². The predicted octanol–water partition coefficient (Wildman–Crippen LogP) is 6.79. The zero-order valence-corrected chi connectivity index (χ0v) is 31.5. The van der Waals surface area contributed by atoms with Crippen LogP contribution in [0.2, 0.25) is 28.2 Å². The standard InChI is InChI=1S/C34H62O8Si2/c1-13-43(14-2,15-3)42-30-29-25(20-33(11)27(38-29)18-22(4)23(39-33)16-17-35)37-28-19-24-26(40-34(28,30)12)21-36-44(41-24,31(5,6)7)32(8,9)10/h23-30,35H,4,13-21H2,1-3,5-12H3/t23-,24-,25-,26+,27-,28+,29-,30+,33+,34+/m0/s1. The summed E-state index contributed by atoms with van der Waals surface area (Å²) in [6, 6.07) is 3.13. The summed E-state index contributed by atoms with van der Waals surface area (Å²) in [6.45, 7) is 29.6. The van der Waals surface area contributed by atoms with Gasteiger partial charge in [-0.25, -0.2) is 0 Å². The topological polar surface area (TPSA) is 84.8 Å². The molecule has 10 atom stereocenters. The Morgan fingerprint density at radius 2 is 1.57 bits per heavy atom. The van der Waals surface area contributed by atoms with Crippen molar-refractivity contribution in [3.8, 4) is 0 Å². The molecule has 5 saturated heterocycles. The summed E-state index contributed by atoms with van der Waals surface area (Å²) >= 11 is 0. The maximum absolute atomic E-state index is 9.68. The molecule has 5 aliphatic rings. The number of hydrogen-bond acceptors (Lipinski definition) is 8. The van der Waals surface area contributed by atoms with Crippen LogP contribution in [0.1, 0.15) is 102 Å². The quantitative estimate of drug-likeness (QED) is 0.237. The zero-order valence-electron chi connectivity index (χ0n) is 29.5. The molecule has 0 bridgehead atoms. The molecule has 10 heteroatoms. The fourth-order valence-corrected chi connectivity index (χ4v) is 17.0. The highest BCUT2D eigenvalue weighted by Crippen LogP contribution is 2.57. The van der Waals surface area contributed by atoms with Crippen molar-refractivity contribution < 1.29 is 37.3 Å². The van der Waals surface area contributed by atoms with Gasteiger partial charge < -0.3 is 37.3 Å². The Hall–Kier alpha value is -0.146. The lowest BCUT2D eigenvalue weighted by molar-refractivity contribution is -0.364. The summed E-state index contributed by atoms with van der Waals surface area (Å²) in [5.74, 6) is 0. The average Bonchev–Trinajstić information content (AvgIpc) is 2.93. The van der Waals surface area contributed by atoms with Crippen LogP contribution in [0.5, 0.6) is 0 Å². The Labute approximate surface area is 269 Å². The molecule has 5 rings (SSSR count). The molecule has 0 amide bonds. The second-order valence-electron chi connectivity index (χ2n) is 16.7. The molecule has 5 aliphatic heterocycles. The lowest BCUT2D eigenvalue weighted by Gasteiger charge is -2.64. The van der Waals surface area contributed by atoms with Crippen LogP contribution in [0.15, 0.2) is 12.2 Å². The lowest BCUT2D eigenvalue weighted by atomic mass is 9.73. The first-order valence-corrected chi connectivity index (χ1v) is 21.7. The van der Waals surface area contributed by atoms with E-state index < -0.39 is 28.1 Å². The Morgan fingerprint density at radius 1 is 0.932 bits per heavy atom. The first kappa shape index (κ1) is 35.2. The van der Waals surface area contributed by atoms with Crippen molar-refractivity contribution >= 4 is 16.9 Å². The van der Waals surface area contributed by atoms with Gasteiger partial charge in [-0.3, -0.25) is 0 Å². The summed E-state index contributed by atoms with van der Waals surface area (Å²) in [5, 5.41) is 9.47. The van der Waals surface area contributed by atoms with Crippen molar-refractivity contribution in [1.29, 1.82) is 0 Å². The number of aliphatic hydroxyl groups excluding tert-OH is 1. The van der Waals surface area contributed by atoms with Crippen molar-refractivity contribution in [2.75, 3.05) is 13.2 Å². The van der Waals surface area contributed by atoms with E-state index >= 15 is 0 Å². The third-order valence-corrected chi connectivity index (χ3v) is 21.6. The molecule has 0 saturated carbocycles. The van der Waals surface area contributed by atoms with Crippen LogP contribution in [0.25, 0.3) is 0 Å². The Kier molecular flexibility index (Phi) is 9.65. The molecular formula is C34H62O8Si2. The van der Waals surface area contributed by atoms with Gasteiger partial charge in [0.25, 0.3) is 0 Å². The van der Waals surface area contributed by atoms with E-state index in [1.165, 1.54) is 0 Å². The molecule has 0 aliphatic carbocycles. The fraction of sp³-hybridized carbons (Fsp3) is 0.941. The van der Waals surface area contributed by atoms with Crippen LogP contribution in [0, 0.1) is 0 Å². The molecular weight excluding hydrogens is 593 g/mol. The van der Waals surface area contributed by atoms with Gasteiger partial charge in [0.1, 0.15) is 23.9 Å². The first-order chi connectivity index (χ1) is 20.4. The molecule has 0 aromatic carbocycles. The largest absolute Gasteiger partial charge is 0.408 e. The van der Waals surface area contributed by atoms with E-state index in [9.17, 15) is 5.11 Å². The van der Waals surface area contributed by atoms with Crippen LogP contribution in [-0.4, -0.2) is 95.2 Å². The van der Waals surface area contributed by atoms with Gasteiger partial charge in [0.15, 0.2) is 8.32 Å². The van der Waals surface area contributed by atoms with Crippen LogP contribution in [-0.2, 0) is 32.2 Å². The Morgan fingerprint density at radius 3 is 2.14 bits per heavy atom. The van der Waals surface area contributed by atoms with Gasteiger partial charge in [0, 0.05) is 35.9 Å². The second-order valence-corrected chi connectivity index (χ2v) is 26.2. The van der Waals surface area contributed by atoms with Gasteiger partial charge in [-0.1, -0.05) is 68.9 Å². The van der Waals surface area contributed by atoms with Crippen molar-refractivity contribution in [3.05, 3.63) is 12.2 Å². The first-order valence-electron chi connectivity index (χ1n) is 17.4. The smallest absolute Gasteiger partial charge is 0.349 e. The Balaban J connectivity index is 1.50. The molecule has 44 heavy (non-hydrogen) atoms. The molecule has 5 fully saturated rings. The molecule has 8 nitrogen and oxygen atoms in total. The van der Waals surface area contributed by atoms with Crippen molar-refractivity contribution in [2.45, 2.75) is 190 Å². The van der Waals surface area contributed by atoms with E-state index in [-0.39, 0.29) is 65.5 Å². The van der Waals surface area contributed by atoms with E-state index in [4.69, 9.17) is 32.2 Å². The summed E-state index contributed by atoms with van der Waals surface area (Å²) in [7, 11) is -4.74. The lowest BCUT2D eigenvalue weighted by Crippen LogP contribution is -2.77. The predicted molar refractivity (Wildman–Crippen MR) is 177 cm³/mol. The van der Waals surface area contributed by atoms with Gasteiger partial charge >= 0.3 is 8.56 Å². The van der Waals surface area contributed by atoms with E-state index in [1.54, 1.807) is 0 Å². The highest BCUT2D eigenvalue weighted by Gasteiger charge is 2.68. The van der Waals surface area contributed by atoms with Gasteiger partial charge in [0.05, 0.1) is 42.7 Å². The molecule has 0 unspecified atom stereocenters. The molecule has 0 spiro atoms. The zero-order chi connectivity index (χ0) is 32.5. The van der Waals surface area contributed by atoms with Crippen LogP contribution in [0.3, 0.4) is 0 Å². The number of fused-ring (bicyclic) bond motifs is 4. The third kappa shape index (κ3) is 5.68. The second kappa shape index (κ2) is 12.1. The van der Waals surface area contributed by atoms with E-state index in [2.05, 4.69) is 82.7 Å². The summed E-state index contributed by atoms with van der Waals surface area (Å²) in [6.07, 6.45) is 1.06. The minimum Gasteiger partial charge on any atom is -0.408 e. The molecule has 5 heterocycles. The highest BCUT2D eigenvalue weighted by atomic mass is 28.4. The summed E-state index contributed by atoms with van der Waals surface area (Å²) in [5.41, 5.74) is -0.267. The van der Waals surface area contributed by atoms with Gasteiger partial charge in [-0.15, -0.1) is 0 Å². The molecule has 1 N–H and O–H groups in total. The molecule has 0 aromatic heterocycles. The fourth-order valence-electron chi connectivity index (χ4n) is 9.14. The summed E-state index contributed by atoms with van der Waals surface area (Å²) < 4.78 is 49.5. The van der Waals surface area contributed by atoms with Crippen molar-refractivity contribution in [1.82, 2.24) is 0 Å². The van der Waals surface area contributed by atoms with Crippen LogP contribution < -0.4 is 0 Å². The van der Waals surface area contributed by atoms with E-state index in [1.807, 2.05) is 0 Å². The number of rotatable bonds is 7. The normalized spacial score (nSPS) is 42.6. The number of aliphatic hydroxyl groups is 1. The number of ether oxygens (including phenoxy) is 4. The summed E-state index contributed by atoms with van der Waals surface area (Å²) in [4.78, 5) is 0. The van der Waals surface area contributed by atoms with Crippen molar-refractivity contribution in [3.63, 3.8) is 0 Å². The van der Waals surface area contributed by atoms with Crippen molar-refractivity contribution in [2.24, 2.45) is 0 Å². The third-order valence-electron chi connectivity index (χ3n) is 11.8. The Bertz CT molecular complexity index is 1030. The molecule has 0 radical (unpaired) electrons. The van der Waals surface area contributed by atoms with Gasteiger partial charge in [0.2, 0.25) is 0 Å². The molecule has 0 aromatic rings. The van der Waals surface area contributed by atoms with Crippen LogP contribution >= 0.6 is 0 Å². The SMILES string of the molecule is C=C1C[C@@H]2O[C@H]3[C@H](C[C@@]2(C)O[C@H]1CCO)O[C@@H]1C[C@@H]2O[Si](C(C)(C)C)(C(C)(C)C)OC[C@H]2O[C@@]1(C)[C@@H]3O[Si](CC)(CC)CC. The van der Waals surface area contributed by atoms with Gasteiger partial charge in [-0.2, -0.15) is 0 Å².